The van der Waals surface area contributed by atoms with Crippen molar-refractivity contribution >= 4 is 6.47 Å². The lowest BCUT2D eigenvalue weighted by Crippen LogP contribution is -2.30. The first-order valence-corrected chi connectivity index (χ1v) is 2.99. The van der Waals surface area contributed by atoms with E-state index in [1.807, 2.05) is 0 Å². The van der Waals surface area contributed by atoms with Crippen molar-refractivity contribution in [3.8, 4) is 0 Å². The van der Waals surface area contributed by atoms with Crippen LogP contribution in [0, 0.1) is 0 Å². The third kappa shape index (κ3) is 1.99. The number of carbonyl (C=O) groups is 1. The second kappa shape index (κ2) is 3.42. The minimum Gasteiger partial charge on any atom is -0.373 e. The van der Waals surface area contributed by atoms with Gasteiger partial charge >= 0.3 is 6.47 Å². The third-order valence-electron chi connectivity index (χ3n) is 1.34. The lowest BCUT2D eigenvalue weighted by molar-refractivity contribution is -0.136. The van der Waals surface area contributed by atoms with Gasteiger partial charge in [0.05, 0.1) is 6.04 Å². The quantitative estimate of drug-likeness (QED) is 0.381. The number of hydrogen-bond donors (Lipinski definition) is 2. The average molecular weight is 130 g/mol. The van der Waals surface area contributed by atoms with Crippen LogP contribution in [-0.2, 0) is 9.63 Å². The molecule has 1 rings (SSSR count). The number of hydrogen-bond acceptors (Lipinski definition) is 4. The summed E-state index contributed by atoms with van der Waals surface area (Å²) in [7, 11) is 0. The molecule has 2 N–H and O–H groups in total. The average Bonchev–Trinajstić information content (AvgIpc) is 2.34. The van der Waals surface area contributed by atoms with Gasteiger partial charge in [-0.05, 0) is 13.0 Å². The van der Waals surface area contributed by atoms with E-state index in [1.54, 1.807) is 0 Å². The van der Waals surface area contributed by atoms with Crippen molar-refractivity contribution in [2.45, 2.75) is 12.5 Å². The van der Waals surface area contributed by atoms with Gasteiger partial charge < -0.3 is 10.2 Å². The zero-order chi connectivity index (χ0) is 6.53. The predicted octanol–water partition coefficient (Wildman–Crippen LogP) is -0.974. The SMILES string of the molecule is O=CON[C@H]1CCNC1. The fraction of sp³-hybridized carbons (Fsp3) is 0.800. The summed E-state index contributed by atoms with van der Waals surface area (Å²) in [6, 6.07) is 0.301. The molecule has 1 atom stereocenters. The van der Waals surface area contributed by atoms with Crippen LogP contribution < -0.4 is 10.8 Å². The Morgan fingerprint density at radius 1 is 1.78 bits per heavy atom. The summed E-state index contributed by atoms with van der Waals surface area (Å²) in [5.74, 6) is 0. The fourth-order valence-electron chi connectivity index (χ4n) is 0.879. The van der Waals surface area contributed by atoms with E-state index >= 15 is 0 Å². The van der Waals surface area contributed by atoms with Gasteiger partial charge in [-0.2, -0.15) is 0 Å². The Kier molecular flexibility index (Phi) is 2.48. The monoisotopic (exact) mass is 130 g/mol. The van der Waals surface area contributed by atoms with Crippen molar-refractivity contribution in [3.63, 3.8) is 0 Å². The molecule has 9 heavy (non-hydrogen) atoms. The lowest BCUT2D eigenvalue weighted by Gasteiger charge is -2.05. The minimum absolute atomic E-state index is 0.301. The first-order valence-electron chi connectivity index (χ1n) is 2.99. The Bertz CT molecular complexity index is 91.0. The van der Waals surface area contributed by atoms with Crippen molar-refractivity contribution in [2.24, 2.45) is 0 Å². The fourth-order valence-corrected chi connectivity index (χ4v) is 0.879. The van der Waals surface area contributed by atoms with Crippen LogP contribution in [0.5, 0.6) is 0 Å². The molecule has 1 heterocycles. The van der Waals surface area contributed by atoms with Gasteiger partial charge in [-0.3, -0.25) is 4.79 Å². The van der Waals surface area contributed by atoms with E-state index in [1.165, 1.54) is 0 Å². The van der Waals surface area contributed by atoms with Gasteiger partial charge in [-0.25, -0.2) is 0 Å². The van der Waals surface area contributed by atoms with Crippen molar-refractivity contribution in [1.82, 2.24) is 10.8 Å². The second-order valence-corrected chi connectivity index (χ2v) is 2.02. The molecule has 0 unspecified atom stereocenters. The number of carbonyl (C=O) groups excluding carboxylic acids is 1. The maximum atomic E-state index is 9.66. The van der Waals surface area contributed by atoms with Crippen LogP contribution in [0.2, 0.25) is 0 Å². The minimum atomic E-state index is 0.301. The topological polar surface area (TPSA) is 50.4 Å². The first-order chi connectivity index (χ1) is 4.43. The summed E-state index contributed by atoms with van der Waals surface area (Å²) in [6.07, 6.45) is 1.02. The van der Waals surface area contributed by atoms with Crippen LogP contribution in [0.3, 0.4) is 0 Å². The van der Waals surface area contributed by atoms with Gasteiger partial charge in [0.25, 0.3) is 0 Å². The smallest absolute Gasteiger partial charge is 0.312 e. The molecule has 0 aromatic carbocycles. The molecule has 4 heteroatoms. The summed E-state index contributed by atoms with van der Waals surface area (Å²) >= 11 is 0. The first kappa shape index (κ1) is 6.51. The lowest BCUT2D eigenvalue weighted by atomic mass is 10.3. The molecule has 1 fully saturated rings. The van der Waals surface area contributed by atoms with Crippen LogP contribution >= 0.6 is 0 Å². The highest BCUT2D eigenvalue weighted by atomic mass is 16.7. The van der Waals surface area contributed by atoms with Gasteiger partial charge in [-0.1, -0.05) is 0 Å². The van der Waals surface area contributed by atoms with Crippen molar-refractivity contribution in [2.75, 3.05) is 13.1 Å². The van der Waals surface area contributed by atoms with Crippen LogP contribution in [0.1, 0.15) is 6.42 Å². The standard InChI is InChI=1S/C5H10N2O2/c8-4-9-7-5-1-2-6-3-5/h4-7H,1-3H2/t5-/m0/s1. The molecule has 0 bridgehead atoms. The van der Waals surface area contributed by atoms with E-state index in [2.05, 4.69) is 15.6 Å². The molecule has 52 valence electrons. The molecular weight excluding hydrogens is 120 g/mol. The summed E-state index contributed by atoms with van der Waals surface area (Å²) in [5.41, 5.74) is 2.60. The van der Waals surface area contributed by atoms with Gasteiger partial charge in [0.2, 0.25) is 0 Å². The Morgan fingerprint density at radius 3 is 3.22 bits per heavy atom. The zero-order valence-electron chi connectivity index (χ0n) is 5.09. The van der Waals surface area contributed by atoms with Crippen molar-refractivity contribution in [1.29, 1.82) is 0 Å². The van der Waals surface area contributed by atoms with E-state index in [0.717, 1.165) is 19.5 Å². The molecule has 0 saturated carbocycles. The normalized spacial score (nSPS) is 26.0. The van der Waals surface area contributed by atoms with Crippen molar-refractivity contribution in [3.05, 3.63) is 0 Å². The highest BCUT2D eigenvalue weighted by Gasteiger charge is 2.13. The van der Waals surface area contributed by atoms with E-state index in [9.17, 15) is 4.79 Å². The van der Waals surface area contributed by atoms with Gasteiger partial charge in [0, 0.05) is 6.54 Å². The summed E-state index contributed by atoms with van der Waals surface area (Å²) in [6.45, 7) is 2.28. The van der Waals surface area contributed by atoms with E-state index in [0.29, 0.717) is 12.5 Å². The maximum Gasteiger partial charge on any atom is 0.312 e. The molecule has 0 amide bonds. The number of hydroxylamine groups is 1. The van der Waals surface area contributed by atoms with Gasteiger partial charge in [-0.15, -0.1) is 5.48 Å². The van der Waals surface area contributed by atoms with E-state index in [4.69, 9.17) is 0 Å². The van der Waals surface area contributed by atoms with Gasteiger partial charge in [0.15, 0.2) is 0 Å². The predicted molar refractivity (Wildman–Crippen MR) is 31.6 cm³/mol. The largest absolute Gasteiger partial charge is 0.373 e. The van der Waals surface area contributed by atoms with Crippen LogP contribution in [0.15, 0.2) is 0 Å². The zero-order valence-corrected chi connectivity index (χ0v) is 5.09. The molecule has 1 aliphatic heterocycles. The molecule has 1 saturated heterocycles. The maximum absolute atomic E-state index is 9.66. The summed E-state index contributed by atoms with van der Waals surface area (Å²) in [4.78, 5) is 14.0. The second-order valence-electron chi connectivity index (χ2n) is 2.02. The molecular formula is C5H10N2O2. The Morgan fingerprint density at radius 2 is 2.67 bits per heavy atom. The Hall–Kier alpha value is -0.610. The third-order valence-corrected chi connectivity index (χ3v) is 1.34. The molecule has 4 nitrogen and oxygen atoms in total. The molecule has 0 aromatic heterocycles. The Balaban J connectivity index is 2.04. The van der Waals surface area contributed by atoms with Crippen molar-refractivity contribution < 1.29 is 9.63 Å². The highest BCUT2D eigenvalue weighted by molar-refractivity contribution is 5.36. The van der Waals surface area contributed by atoms with E-state index < -0.39 is 0 Å². The molecule has 0 spiro atoms. The number of rotatable bonds is 3. The summed E-state index contributed by atoms with van der Waals surface area (Å²) in [5, 5.41) is 3.12. The molecule has 0 aromatic rings. The molecule has 0 aliphatic carbocycles. The van der Waals surface area contributed by atoms with Crippen LogP contribution in [0.25, 0.3) is 0 Å². The van der Waals surface area contributed by atoms with Crippen LogP contribution in [-0.4, -0.2) is 25.6 Å². The van der Waals surface area contributed by atoms with Crippen LogP contribution in [0.4, 0.5) is 0 Å². The Labute approximate surface area is 53.5 Å². The molecule has 0 radical (unpaired) electrons. The number of nitrogens with one attached hydrogen (secondary N) is 2. The molecule has 1 aliphatic rings. The van der Waals surface area contributed by atoms with E-state index in [-0.39, 0.29) is 0 Å². The van der Waals surface area contributed by atoms with Gasteiger partial charge in [0.1, 0.15) is 0 Å². The highest BCUT2D eigenvalue weighted by Crippen LogP contribution is 1.95. The summed E-state index contributed by atoms with van der Waals surface area (Å²) < 4.78 is 0.